The highest BCUT2D eigenvalue weighted by atomic mass is 16.1. The zero-order valence-corrected chi connectivity index (χ0v) is 13.6. The van der Waals surface area contributed by atoms with Crippen molar-refractivity contribution in [1.29, 1.82) is 0 Å². The molecule has 6 nitrogen and oxygen atoms in total. The van der Waals surface area contributed by atoms with Crippen molar-refractivity contribution >= 4 is 11.7 Å². The molecule has 1 amide bonds. The number of amides is 1. The van der Waals surface area contributed by atoms with Crippen LogP contribution in [-0.4, -0.2) is 34.0 Å². The summed E-state index contributed by atoms with van der Waals surface area (Å²) in [7, 11) is 0. The third-order valence-electron chi connectivity index (χ3n) is 4.11. The van der Waals surface area contributed by atoms with E-state index in [1.54, 1.807) is 11.0 Å². The molecule has 23 heavy (non-hydrogen) atoms. The van der Waals surface area contributed by atoms with Crippen LogP contribution in [0.25, 0.3) is 0 Å². The largest absolute Gasteiger partial charge is 0.316 e. The Hall–Kier alpha value is -2.21. The molecular weight excluding hydrogens is 290 g/mol. The summed E-state index contributed by atoms with van der Waals surface area (Å²) in [6.07, 6.45) is 3.87. The average Bonchev–Trinajstić information content (AvgIpc) is 3.19. The molecule has 1 fully saturated rings. The zero-order valence-electron chi connectivity index (χ0n) is 13.6. The van der Waals surface area contributed by atoms with Crippen molar-refractivity contribution in [2.75, 3.05) is 18.4 Å². The Morgan fingerprint density at radius 3 is 2.78 bits per heavy atom. The molecule has 3 rings (SSSR count). The van der Waals surface area contributed by atoms with Crippen LogP contribution in [0.1, 0.15) is 42.2 Å². The molecule has 1 aliphatic heterocycles. The van der Waals surface area contributed by atoms with Gasteiger partial charge in [0.2, 0.25) is 0 Å². The maximum Gasteiger partial charge on any atom is 0.256 e. The molecule has 1 aromatic carbocycles. The molecule has 1 saturated heterocycles. The number of hydrogen-bond donors (Lipinski definition) is 2. The predicted molar refractivity (Wildman–Crippen MR) is 89.5 cm³/mol. The zero-order chi connectivity index (χ0) is 16.2. The van der Waals surface area contributed by atoms with Crippen LogP contribution >= 0.6 is 0 Å². The molecule has 0 radical (unpaired) electrons. The summed E-state index contributed by atoms with van der Waals surface area (Å²) >= 11 is 0. The lowest BCUT2D eigenvalue weighted by atomic mass is 9.98. The molecule has 1 aromatic heterocycles. The van der Waals surface area contributed by atoms with Crippen LogP contribution < -0.4 is 10.6 Å². The number of rotatable bonds is 5. The van der Waals surface area contributed by atoms with Crippen molar-refractivity contribution in [2.24, 2.45) is 5.92 Å². The van der Waals surface area contributed by atoms with Crippen molar-refractivity contribution < 1.29 is 4.79 Å². The maximum absolute atomic E-state index is 12.3. The lowest BCUT2D eigenvalue weighted by Gasteiger charge is -2.09. The lowest BCUT2D eigenvalue weighted by molar-refractivity contribution is 0.102. The predicted octanol–water partition coefficient (Wildman–Crippen LogP) is 2.26. The minimum absolute atomic E-state index is 0.158. The van der Waals surface area contributed by atoms with Crippen LogP contribution in [0.15, 0.2) is 30.5 Å². The molecule has 0 saturated carbocycles. The normalized spacial score (nSPS) is 17.6. The van der Waals surface area contributed by atoms with Crippen molar-refractivity contribution in [3.63, 3.8) is 0 Å². The summed E-state index contributed by atoms with van der Waals surface area (Å²) in [5.41, 5.74) is 1.92. The SMILES string of the molecule is CC(C)n1ncc(NC(=O)c2ccc(CC3CCNC3)cc2)n1. The molecule has 122 valence electrons. The second-order valence-corrected chi connectivity index (χ2v) is 6.36. The Kier molecular flexibility index (Phi) is 4.71. The summed E-state index contributed by atoms with van der Waals surface area (Å²) in [5.74, 6) is 1.03. The van der Waals surface area contributed by atoms with Crippen LogP contribution in [0.5, 0.6) is 0 Å². The molecule has 2 N–H and O–H groups in total. The van der Waals surface area contributed by atoms with E-state index in [0.717, 1.165) is 19.5 Å². The highest BCUT2D eigenvalue weighted by molar-refractivity contribution is 6.03. The van der Waals surface area contributed by atoms with E-state index in [9.17, 15) is 4.79 Å². The molecule has 0 aliphatic carbocycles. The molecule has 1 aliphatic rings. The topological polar surface area (TPSA) is 71.8 Å². The van der Waals surface area contributed by atoms with Gasteiger partial charge in [-0.15, -0.1) is 5.10 Å². The first kappa shape index (κ1) is 15.7. The van der Waals surface area contributed by atoms with Gasteiger partial charge in [-0.1, -0.05) is 12.1 Å². The van der Waals surface area contributed by atoms with Gasteiger partial charge < -0.3 is 10.6 Å². The highest BCUT2D eigenvalue weighted by Crippen LogP contribution is 2.16. The van der Waals surface area contributed by atoms with Gasteiger partial charge in [-0.25, -0.2) is 0 Å². The van der Waals surface area contributed by atoms with E-state index < -0.39 is 0 Å². The van der Waals surface area contributed by atoms with Gasteiger partial charge in [-0.3, -0.25) is 4.79 Å². The number of carbonyl (C=O) groups is 1. The summed E-state index contributed by atoms with van der Waals surface area (Å²) in [6, 6.07) is 8.00. The number of carbonyl (C=O) groups excluding carboxylic acids is 1. The van der Waals surface area contributed by atoms with Crippen LogP contribution in [0.3, 0.4) is 0 Å². The van der Waals surface area contributed by atoms with E-state index >= 15 is 0 Å². The minimum Gasteiger partial charge on any atom is -0.316 e. The molecular formula is C17H23N5O. The van der Waals surface area contributed by atoms with Crippen molar-refractivity contribution in [2.45, 2.75) is 32.7 Å². The van der Waals surface area contributed by atoms with E-state index in [2.05, 4.69) is 20.8 Å². The van der Waals surface area contributed by atoms with E-state index in [0.29, 0.717) is 17.3 Å². The van der Waals surface area contributed by atoms with Gasteiger partial charge in [-0.05, 0) is 63.4 Å². The molecule has 6 heteroatoms. The van der Waals surface area contributed by atoms with Crippen LogP contribution in [-0.2, 0) is 6.42 Å². The quantitative estimate of drug-likeness (QED) is 0.888. The molecule has 0 bridgehead atoms. The van der Waals surface area contributed by atoms with Crippen molar-refractivity contribution in [1.82, 2.24) is 20.3 Å². The average molecular weight is 313 g/mol. The number of anilines is 1. The van der Waals surface area contributed by atoms with Gasteiger partial charge in [0, 0.05) is 5.56 Å². The summed E-state index contributed by atoms with van der Waals surface area (Å²) in [4.78, 5) is 13.8. The monoisotopic (exact) mass is 313 g/mol. The number of nitrogens with one attached hydrogen (secondary N) is 2. The van der Waals surface area contributed by atoms with E-state index in [1.807, 2.05) is 38.1 Å². The van der Waals surface area contributed by atoms with E-state index in [4.69, 9.17) is 0 Å². The Morgan fingerprint density at radius 1 is 1.39 bits per heavy atom. The van der Waals surface area contributed by atoms with Crippen LogP contribution in [0.2, 0.25) is 0 Å². The lowest BCUT2D eigenvalue weighted by Crippen LogP contribution is -2.13. The second kappa shape index (κ2) is 6.91. The Balaban J connectivity index is 1.60. The number of benzene rings is 1. The van der Waals surface area contributed by atoms with E-state index in [1.165, 1.54) is 12.0 Å². The Morgan fingerprint density at radius 2 is 2.17 bits per heavy atom. The van der Waals surface area contributed by atoms with Gasteiger partial charge in [0.05, 0.1) is 12.2 Å². The van der Waals surface area contributed by atoms with Crippen LogP contribution in [0, 0.1) is 5.92 Å². The maximum atomic E-state index is 12.3. The first-order valence-electron chi connectivity index (χ1n) is 8.14. The smallest absolute Gasteiger partial charge is 0.256 e. The van der Waals surface area contributed by atoms with Gasteiger partial charge in [0.15, 0.2) is 5.82 Å². The van der Waals surface area contributed by atoms with Gasteiger partial charge >= 0.3 is 0 Å². The van der Waals surface area contributed by atoms with Crippen molar-refractivity contribution in [3.05, 3.63) is 41.6 Å². The second-order valence-electron chi connectivity index (χ2n) is 6.36. The summed E-state index contributed by atoms with van der Waals surface area (Å²) in [5, 5.41) is 14.5. The first-order valence-corrected chi connectivity index (χ1v) is 8.14. The fourth-order valence-electron chi connectivity index (χ4n) is 2.78. The number of aromatic nitrogens is 3. The molecule has 2 heterocycles. The minimum atomic E-state index is -0.158. The summed E-state index contributed by atoms with van der Waals surface area (Å²) in [6.45, 7) is 6.18. The van der Waals surface area contributed by atoms with Gasteiger partial charge in [-0.2, -0.15) is 9.90 Å². The fraction of sp³-hybridized carbons (Fsp3) is 0.471. The molecule has 2 aromatic rings. The van der Waals surface area contributed by atoms with Gasteiger partial charge in [0.1, 0.15) is 0 Å². The fourth-order valence-corrected chi connectivity index (χ4v) is 2.78. The first-order chi connectivity index (χ1) is 11.1. The van der Waals surface area contributed by atoms with E-state index in [-0.39, 0.29) is 11.9 Å². The highest BCUT2D eigenvalue weighted by Gasteiger charge is 2.15. The molecule has 0 spiro atoms. The van der Waals surface area contributed by atoms with Gasteiger partial charge in [0.25, 0.3) is 5.91 Å². The molecule has 1 unspecified atom stereocenters. The number of nitrogens with zero attached hydrogens (tertiary/aromatic N) is 3. The number of hydrogen-bond acceptors (Lipinski definition) is 4. The van der Waals surface area contributed by atoms with Crippen molar-refractivity contribution in [3.8, 4) is 0 Å². The Bertz CT molecular complexity index is 656. The molecule has 1 atom stereocenters. The standard InChI is InChI=1S/C17H23N5O/c1-12(2)22-19-11-16(21-22)20-17(23)15-5-3-13(4-6-15)9-14-7-8-18-10-14/h3-6,11-12,14,18H,7-10H2,1-2H3,(H,20,21,23). The third-order valence-corrected chi connectivity index (χ3v) is 4.11. The Labute approximate surface area is 136 Å². The third kappa shape index (κ3) is 3.96. The summed E-state index contributed by atoms with van der Waals surface area (Å²) < 4.78 is 0. The van der Waals surface area contributed by atoms with Crippen LogP contribution in [0.4, 0.5) is 5.82 Å².